The number of hydrogen-bond donors (Lipinski definition) is 2. The molecule has 0 heterocycles. The smallest absolute Gasteiger partial charge is 0.220 e. The van der Waals surface area contributed by atoms with Crippen molar-refractivity contribution in [2.24, 2.45) is 5.92 Å². The van der Waals surface area contributed by atoms with Crippen LogP contribution in [0.3, 0.4) is 0 Å². The summed E-state index contributed by atoms with van der Waals surface area (Å²) in [7, 11) is 0. The minimum atomic E-state index is -0.621. The van der Waals surface area contributed by atoms with Crippen molar-refractivity contribution < 1.29 is 9.90 Å². The number of rotatable bonds is 6. The van der Waals surface area contributed by atoms with Gasteiger partial charge < -0.3 is 10.4 Å². The molecule has 3 heteroatoms. The summed E-state index contributed by atoms with van der Waals surface area (Å²) in [6, 6.07) is 0. The normalized spacial score (nSPS) is 19.0. The van der Waals surface area contributed by atoms with Crippen molar-refractivity contribution in [3.05, 3.63) is 0 Å². The van der Waals surface area contributed by atoms with Gasteiger partial charge in [-0.15, -0.1) is 0 Å². The Labute approximate surface area is 98.6 Å². The first-order valence-electron chi connectivity index (χ1n) is 6.58. The Morgan fingerprint density at radius 3 is 2.38 bits per heavy atom. The number of carbonyl (C=O) groups excluding carboxylic acids is 1. The van der Waals surface area contributed by atoms with E-state index in [1.54, 1.807) is 0 Å². The number of carbonyl (C=O) groups is 1. The van der Waals surface area contributed by atoms with Crippen molar-refractivity contribution in [1.82, 2.24) is 5.32 Å². The maximum Gasteiger partial charge on any atom is 0.220 e. The summed E-state index contributed by atoms with van der Waals surface area (Å²) >= 11 is 0. The summed E-state index contributed by atoms with van der Waals surface area (Å²) in [4.78, 5) is 11.6. The molecule has 0 aromatic rings. The van der Waals surface area contributed by atoms with Crippen LogP contribution in [-0.2, 0) is 4.79 Å². The van der Waals surface area contributed by atoms with Crippen LogP contribution in [-0.4, -0.2) is 23.2 Å². The summed E-state index contributed by atoms with van der Waals surface area (Å²) in [5, 5.41) is 12.9. The predicted molar refractivity (Wildman–Crippen MR) is 65.1 cm³/mol. The van der Waals surface area contributed by atoms with Crippen molar-refractivity contribution in [3.8, 4) is 0 Å². The van der Waals surface area contributed by atoms with E-state index in [4.69, 9.17) is 0 Å². The number of nitrogens with one attached hydrogen (secondary N) is 1. The Hall–Kier alpha value is -0.570. The molecular weight excluding hydrogens is 202 g/mol. The highest BCUT2D eigenvalue weighted by molar-refractivity contribution is 5.76. The summed E-state index contributed by atoms with van der Waals surface area (Å²) in [5.74, 6) is 0.576. The van der Waals surface area contributed by atoms with Crippen LogP contribution in [0.1, 0.15) is 58.8 Å². The fraction of sp³-hybridized carbons (Fsp3) is 0.923. The van der Waals surface area contributed by atoms with Crippen LogP contribution in [0, 0.1) is 5.92 Å². The molecule has 3 nitrogen and oxygen atoms in total. The van der Waals surface area contributed by atoms with E-state index < -0.39 is 5.60 Å². The second kappa shape index (κ2) is 6.24. The third kappa shape index (κ3) is 4.12. The van der Waals surface area contributed by atoms with E-state index in [0.717, 1.165) is 38.5 Å². The summed E-state index contributed by atoms with van der Waals surface area (Å²) in [6.07, 6.45) is 6.53. The molecule has 2 N–H and O–H groups in total. The van der Waals surface area contributed by atoms with Gasteiger partial charge in [-0.25, -0.2) is 0 Å². The Kier molecular flexibility index (Phi) is 5.26. The van der Waals surface area contributed by atoms with Gasteiger partial charge >= 0.3 is 0 Å². The lowest BCUT2D eigenvalue weighted by Crippen LogP contribution is -2.41. The molecule has 94 valence electrons. The quantitative estimate of drug-likeness (QED) is 0.731. The molecule has 0 saturated heterocycles. The molecule has 0 unspecified atom stereocenters. The molecule has 0 atom stereocenters. The molecule has 0 aromatic heterocycles. The molecular formula is C13H25NO2. The molecule has 0 bridgehead atoms. The first kappa shape index (κ1) is 13.5. The lowest BCUT2D eigenvalue weighted by Gasteiger charge is -2.23. The highest BCUT2D eigenvalue weighted by Gasteiger charge is 2.31. The number of amides is 1. The molecule has 1 fully saturated rings. The van der Waals surface area contributed by atoms with Gasteiger partial charge in [0.25, 0.3) is 0 Å². The van der Waals surface area contributed by atoms with Crippen LogP contribution in [0.25, 0.3) is 0 Å². The van der Waals surface area contributed by atoms with Crippen LogP contribution in [0.5, 0.6) is 0 Å². The van der Waals surface area contributed by atoms with E-state index in [9.17, 15) is 9.90 Å². The minimum absolute atomic E-state index is 0.0917. The van der Waals surface area contributed by atoms with Crippen molar-refractivity contribution in [2.75, 3.05) is 6.54 Å². The number of hydrogen-bond acceptors (Lipinski definition) is 2. The van der Waals surface area contributed by atoms with Crippen LogP contribution in [0.2, 0.25) is 0 Å². The Bertz CT molecular complexity index is 218. The first-order valence-corrected chi connectivity index (χ1v) is 6.58. The van der Waals surface area contributed by atoms with Crippen molar-refractivity contribution in [2.45, 2.75) is 64.4 Å². The van der Waals surface area contributed by atoms with Gasteiger partial charge in [0.15, 0.2) is 0 Å². The fourth-order valence-corrected chi connectivity index (χ4v) is 2.38. The minimum Gasteiger partial charge on any atom is -0.388 e. The third-order valence-electron chi connectivity index (χ3n) is 3.78. The highest BCUT2D eigenvalue weighted by Crippen LogP contribution is 2.28. The fourth-order valence-electron chi connectivity index (χ4n) is 2.38. The second-order valence-electron chi connectivity index (χ2n) is 5.09. The van der Waals surface area contributed by atoms with E-state index >= 15 is 0 Å². The molecule has 0 aromatic carbocycles. The standard InChI is InChI=1S/C13H25NO2/c1-3-11(4-2)9-12(15)14-10-13(16)7-5-6-8-13/h11,16H,3-10H2,1-2H3,(H,14,15). The SMILES string of the molecule is CCC(CC)CC(=O)NCC1(O)CCCC1. The molecule has 0 radical (unpaired) electrons. The Morgan fingerprint density at radius 1 is 1.31 bits per heavy atom. The lowest BCUT2D eigenvalue weighted by molar-refractivity contribution is -0.123. The topological polar surface area (TPSA) is 49.3 Å². The van der Waals surface area contributed by atoms with Gasteiger partial charge in [0, 0.05) is 13.0 Å². The van der Waals surface area contributed by atoms with Crippen LogP contribution in [0.4, 0.5) is 0 Å². The zero-order chi connectivity index (χ0) is 12.0. The van der Waals surface area contributed by atoms with E-state index in [1.807, 2.05) is 0 Å². The summed E-state index contributed by atoms with van der Waals surface area (Å²) < 4.78 is 0. The molecule has 0 aliphatic heterocycles. The molecule has 1 amide bonds. The largest absolute Gasteiger partial charge is 0.388 e. The monoisotopic (exact) mass is 227 g/mol. The summed E-state index contributed by atoms with van der Waals surface area (Å²) in [6.45, 7) is 4.67. The van der Waals surface area contributed by atoms with Crippen molar-refractivity contribution in [1.29, 1.82) is 0 Å². The molecule has 1 saturated carbocycles. The molecule has 1 aliphatic rings. The van der Waals surface area contributed by atoms with E-state index in [0.29, 0.717) is 18.9 Å². The average Bonchev–Trinajstić information content (AvgIpc) is 2.71. The number of aliphatic hydroxyl groups is 1. The summed E-state index contributed by atoms with van der Waals surface area (Å²) in [5.41, 5.74) is -0.621. The van der Waals surface area contributed by atoms with E-state index in [2.05, 4.69) is 19.2 Å². The molecule has 0 spiro atoms. The molecule has 1 aliphatic carbocycles. The van der Waals surface area contributed by atoms with Gasteiger partial charge in [0.05, 0.1) is 5.60 Å². The van der Waals surface area contributed by atoms with Gasteiger partial charge in [-0.05, 0) is 18.8 Å². The van der Waals surface area contributed by atoms with Crippen LogP contribution in [0.15, 0.2) is 0 Å². The second-order valence-corrected chi connectivity index (χ2v) is 5.09. The molecule has 1 rings (SSSR count). The van der Waals surface area contributed by atoms with Gasteiger partial charge in [0.1, 0.15) is 0 Å². The Morgan fingerprint density at radius 2 is 1.88 bits per heavy atom. The van der Waals surface area contributed by atoms with Crippen LogP contribution < -0.4 is 5.32 Å². The average molecular weight is 227 g/mol. The maximum absolute atomic E-state index is 11.6. The Balaban J connectivity index is 2.24. The van der Waals surface area contributed by atoms with Crippen LogP contribution >= 0.6 is 0 Å². The van der Waals surface area contributed by atoms with Gasteiger partial charge in [-0.1, -0.05) is 39.5 Å². The van der Waals surface area contributed by atoms with Crippen molar-refractivity contribution >= 4 is 5.91 Å². The van der Waals surface area contributed by atoms with Gasteiger partial charge in [-0.3, -0.25) is 4.79 Å². The molecule has 16 heavy (non-hydrogen) atoms. The third-order valence-corrected chi connectivity index (χ3v) is 3.78. The van der Waals surface area contributed by atoms with E-state index in [-0.39, 0.29) is 5.91 Å². The lowest BCUT2D eigenvalue weighted by atomic mass is 9.98. The van der Waals surface area contributed by atoms with Crippen molar-refractivity contribution in [3.63, 3.8) is 0 Å². The van der Waals surface area contributed by atoms with Gasteiger partial charge in [-0.2, -0.15) is 0 Å². The highest BCUT2D eigenvalue weighted by atomic mass is 16.3. The zero-order valence-electron chi connectivity index (χ0n) is 10.6. The maximum atomic E-state index is 11.6. The zero-order valence-corrected chi connectivity index (χ0v) is 10.6. The van der Waals surface area contributed by atoms with Gasteiger partial charge in [0.2, 0.25) is 5.91 Å². The predicted octanol–water partition coefficient (Wildman–Crippen LogP) is 2.23. The first-order chi connectivity index (χ1) is 7.59. The van der Waals surface area contributed by atoms with E-state index in [1.165, 1.54) is 0 Å².